The summed E-state index contributed by atoms with van der Waals surface area (Å²) in [5.74, 6) is -0.670. The summed E-state index contributed by atoms with van der Waals surface area (Å²) >= 11 is 0. The van der Waals surface area contributed by atoms with Crippen LogP contribution in [0.4, 0.5) is 0 Å². The van der Waals surface area contributed by atoms with Gasteiger partial charge in [0, 0.05) is 28.8 Å². The summed E-state index contributed by atoms with van der Waals surface area (Å²) in [7, 11) is 0. The van der Waals surface area contributed by atoms with E-state index in [1.807, 2.05) is 0 Å². The quantitative estimate of drug-likeness (QED) is 0.582. The van der Waals surface area contributed by atoms with E-state index >= 15 is 0 Å². The molecule has 0 aromatic heterocycles. The van der Waals surface area contributed by atoms with Crippen molar-refractivity contribution in [3.8, 4) is 0 Å². The molecule has 0 saturated heterocycles. The zero-order chi connectivity index (χ0) is 7.82. The smallest absolute Gasteiger partial charge is 0.303 e. The molecule has 0 aliphatic heterocycles. The molecule has 0 atom stereocenters. The number of aliphatic carboxylic acids is 1. The van der Waals surface area contributed by atoms with Crippen LogP contribution in [-0.4, -0.2) is 11.1 Å². The Morgan fingerprint density at radius 1 is 1.18 bits per heavy atom. The predicted molar refractivity (Wildman–Crippen MR) is 41.0 cm³/mol. The van der Waals surface area contributed by atoms with Crippen LogP contribution in [0.1, 0.15) is 45.4 Å². The molecule has 71 valence electrons. The molecule has 0 aromatic carbocycles. The minimum absolute atomic E-state index is 0. The van der Waals surface area contributed by atoms with Gasteiger partial charge in [-0.15, -0.1) is 0 Å². The average molecular weight is 252 g/mol. The molecule has 0 aliphatic rings. The van der Waals surface area contributed by atoms with Crippen LogP contribution in [-0.2, 0) is 27.2 Å². The number of carbonyl (C=O) groups is 1. The van der Waals surface area contributed by atoms with Gasteiger partial charge < -0.3 is 5.11 Å². The minimum atomic E-state index is -0.670. The monoisotopic (exact) mass is 251 g/mol. The summed E-state index contributed by atoms with van der Waals surface area (Å²) in [5, 5.41) is 8.27. The molecule has 0 heterocycles. The van der Waals surface area contributed by atoms with E-state index in [2.05, 4.69) is 6.92 Å². The Labute approximate surface area is 83.9 Å². The van der Waals surface area contributed by atoms with Crippen molar-refractivity contribution in [3.05, 3.63) is 0 Å². The van der Waals surface area contributed by atoms with Gasteiger partial charge in [0.15, 0.2) is 0 Å². The predicted octanol–water partition coefficient (Wildman–Crippen LogP) is 2.43. The van der Waals surface area contributed by atoms with Gasteiger partial charge in [-0.2, -0.15) is 0 Å². The molecule has 1 N–H and O–H groups in total. The van der Waals surface area contributed by atoms with Gasteiger partial charge in [-0.1, -0.05) is 32.6 Å². The van der Waals surface area contributed by atoms with E-state index in [1.54, 1.807) is 0 Å². The van der Waals surface area contributed by atoms with Crippen LogP contribution in [0.25, 0.3) is 0 Å². The molecule has 11 heavy (non-hydrogen) atoms. The largest absolute Gasteiger partial charge is 0.481 e. The van der Waals surface area contributed by atoms with E-state index in [9.17, 15) is 4.79 Å². The van der Waals surface area contributed by atoms with E-state index in [-0.39, 0.29) is 22.4 Å². The average Bonchev–Trinajstić information content (AvgIpc) is 1.87. The second-order valence-corrected chi connectivity index (χ2v) is 2.56. The molecule has 0 rings (SSSR count). The molecule has 0 aliphatic carbocycles. The van der Waals surface area contributed by atoms with Crippen LogP contribution in [0, 0.1) is 0 Å². The van der Waals surface area contributed by atoms with Crippen LogP contribution in [0.2, 0.25) is 0 Å². The Balaban J connectivity index is 0. The normalized spacial score (nSPS) is 8.82. The summed E-state index contributed by atoms with van der Waals surface area (Å²) in [5.41, 5.74) is 0. The van der Waals surface area contributed by atoms with Crippen molar-refractivity contribution in [3.63, 3.8) is 0 Å². The van der Waals surface area contributed by atoms with Gasteiger partial charge in [-0.3, -0.25) is 4.79 Å². The van der Waals surface area contributed by atoms with Crippen LogP contribution in [0.15, 0.2) is 0 Å². The molecular weight excluding hydrogens is 236 g/mol. The molecule has 0 spiro atoms. The third-order valence-corrected chi connectivity index (χ3v) is 1.49. The van der Waals surface area contributed by atoms with Crippen LogP contribution >= 0.6 is 0 Å². The first-order valence-corrected chi connectivity index (χ1v) is 3.99. The number of unbranched alkanes of at least 4 members (excludes halogenated alkanes) is 4. The van der Waals surface area contributed by atoms with E-state index in [4.69, 9.17) is 5.11 Å². The number of carboxylic acid groups (broad SMARTS) is 1. The Morgan fingerprint density at radius 2 is 1.73 bits per heavy atom. The second kappa shape index (κ2) is 10.2. The SMILES string of the molecule is CCCCCCCC(=O)O.[Ag]. The molecule has 0 aromatic rings. The van der Waals surface area contributed by atoms with Crippen molar-refractivity contribution in [2.75, 3.05) is 0 Å². The van der Waals surface area contributed by atoms with Crippen molar-refractivity contribution in [2.24, 2.45) is 0 Å². The summed E-state index contributed by atoms with van der Waals surface area (Å²) in [6.45, 7) is 2.15. The zero-order valence-electron chi connectivity index (χ0n) is 6.90. The van der Waals surface area contributed by atoms with Gasteiger partial charge in [0.05, 0.1) is 0 Å². The summed E-state index contributed by atoms with van der Waals surface area (Å²) < 4.78 is 0. The molecule has 3 heteroatoms. The van der Waals surface area contributed by atoms with Crippen LogP contribution < -0.4 is 0 Å². The third kappa shape index (κ3) is 13.2. The van der Waals surface area contributed by atoms with Crippen molar-refractivity contribution in [2.45, 2.75) is 45.4 Å². The maximum atomic E-state index is 10.0. The number of hydrogen-bond donors (Lipinski definition) is 1. The summed E-state index contributed by atoms with van der Waals surface area (Å²) in [6, 6.07) is 0. The first-order chi connectivity index (χ1) is 4.77. The molecular formula is C8H16AgO2. The fraction of sp³-hybridized carbons (Fsp3) is 0.875. The molecule has 0 amide bonds. The van der Waals surface area contributed by atoms with Gasteiger partial charge in [0.2, 0.25) is 0 Å². The number of rotatable bonds is 6. The van der Waals surface area contributed by atoms with E-state index < -0.39 is 5.97 Å². The van der Waals surface area contributed by atoms with Gasteiger partial charge >= 0.3 is 5.97 Å². The molecule has 0 bridgehead atoms. The molecule has 0 saturated carbocycles. The summed E-state index contributed by atoms with van der Waals surface area (Å²) in [6.07, 6.45) is 5.88. The van der Waals surface area contributed by atoms with Crippen molar-refractivity contribution < 1.29 is 32.3 Å². The van der Waals surface area contributed by atoms with Gasteiger partial charge in [-0.05, 0) is 6.42 Å². The number of hydrogen-bond acceptors (Lipinski definition) is 1. The Hall–Kier alpha value is 0.210. The zero-order valence-corrected chi connectivity index (χ0v) is 8.38. The van der Waals surface area contributed by atoms with Gasteiger partial charge in [0.1, 0.15) is 0 Å². The van der Waals surface area contributed by atoms with E-state index in [1.165, 1.54) is 19.3 Å². The Morgan fingerprint density at radius 3 is 2.18 bits per heavy atom. The van der Waals surface area contributed by atoms with Crippen LogP contribution in [0.3, 0.4) is 0 Å². The van der Waals surface area contributed by atoms with Gasteiger partial charge in [0.25, 0.3) is 0 Å². The summed E-state index contributed by atoms with van der Waals surface area (Å²) in [4.78, 5) is 10.0. The van der Waals surface area contributed by atoms with Crippen molar-refractivity contribution in [1.29, 1.82) is 0 Å². The van der Waals surface area contributed by atoms with Crippen molar-refractivity contribution >= 4 is 5.97 Å². The van der Waals surface area contributed by atoms with Gasteiger partial charge in [-0.25, -0.2) is 0 Å². The Bertz CT molecular complexity index is 94.1. The first-order valence-electron chi connectivity index (χ1n) is 3.99. The molecule has 0 fully saturated rings. The molecule has 1 radical (unpaired) electrons. The fourth-order valence-corrected chi connectivity index (χ4v) is 0.880. The molecule has 0 unspecified atom stereocenters. The standard InChI is InChI=1S/C8H16O2.Ag/c1-2-3-4-5-6-7-8(9)10;/h2-7H2,1H3,(H,9,10);. The number of carboxylic acids is 1. The Kier molecular flexibility index (Phi) is 12.8. The fourth-order valence-electron chi connectivity index (χ4n) is 0.880. The maximum Gasteiger partial charge on any atom is 0.303 e. The minimum Gasteiger partial charge on any atom is -0.481 e. The van der Waals surface area contributed by atoms with Crippen molar-refractivity contribution in [1.82, 2.24) is 0 Å². The van der Waals surface area contributed by atoms with E-state index in [0.717, 1.165) is 12.8 Å². The van der Waals surface area contributed by atoms with E-state index in [0.29, 0.717) is 6.42 Å². The maximum absolute atomic E-state index is 10.0. The van der Waals surface area contributed by atoms with Crippen LogP contribution in [0.5, 0.6) is 0 Å². The first kappa shape index (κ1) is 13.8. The topological polar surface area (TPSA) is 37.3 Å². The molecule has 2 nitrogen and oxygen atoms in total. The third-order valence-electron chi connectivity index (χ3n) is 1.49. The second-order valence-electron chi connectivity index (χ2n) is 2.56.